The van der Waals surface area contributed by atoms with Gasteiger partial charge in [0, 0.05) is 23.6 Å². The van der Waals surface area contributed by atoms with Gasteiger partial charge in [-0.2, -0.15) is 5.10 Å². The van der Waals surface area contributed by atoms with E-state index in [1.54, 1.807) is 34.9 Å². The molecule has 0 fully saturated rings. The van der Waals surface area contributed by atoms with Crippen molar-refractivity contribution in [3.05, 3.63) is 78.1 Å². The minimum Gasteiger partial charge on any atom is -0.352 e. The summed E-state index contributed by atoms with van der Waals surface area (Å²) in [6.45, 7) is 1.18. The Kier molecular flexibility index (Phi) is 6.38. The summed E-state index contributed by atoms with van der Waals surface area (Å²) in [5, 5.41) is 7.00. The lowest BCUT2D eigenvalue weighted by atomic mass is 10.1. The molecule has 1 aromatic heterocycles. The monoisotopic (exact) mass is 370 g/mol. The maximum atomic E-state index is 12.8. The molecule has 0 unspecified atom stereocenters. The van der Waals surface area contributed by atoms with E-state index < -0.39 is 0 Å². The third-order valence-corrected chi connectivity index (χ3v) is 4.75. The third kappa shape index (κ3) is 5.70. The van der Waals surface area contributed by atoms with Gasteiger partial charge >= 0.3 is 0 Å². The highest BCUT2D eigenvalue weighted by Crippen LogP contribution is 2.18. The van der Waals surface area contributed by atoms with Crippen molar-refractivity contribution < 1.29 is 9.18 Å². The number of hydrogen-bond donors (Lipinski definition) is 1. The minimum absolute atomic E-state index is 0.00584. The van der Waals surface area contributed by atoms with E-state index in [9.17, 15) is 9.18 Å². The van der Waals surface area contributed by atoms with Gasteiger partial charge in [-0.05, 0) is 35.4 Å². The van der Waals surface area contributed by atoms with Crippen LogP contribution >= 0.6 is 11.8 Å². The zero-order valence-electron chi connectivity index (χ0n) is 14.1. The molecular formula is C19H19FN4OS. The van der Waals surface area contributed by atoms with E-state index in [4.69, 9.17) is 0 Å². The Morgan fingerprint density at radius 3 is 2.50 bits per heavy atom. The molecule has 0 saturated heterocycles. The quantitative estimate of drug-likeness (QED) is 0.618. The van der Waals surface area contributed by atoms with Gasteiger partial charge in [0.05, 0.1) is 6.54 Å². The molecule has 0 spiro atoms. The van der Waals surface area contributed by atoms with E-state index >= 15 is 0 Å². The molecule has 1 N–H and O–H groups in total. The zero-order valence-corrected chi connectivity index (χ0v) is 15.0. The van der Waals surface area contributed by atoms with Crippen LogP contribution in [0.5, 0.6) is 0 Å². The third-order valence-electron chi connectivity index (χ3n) is 3.74. The molecule has 3 aromatic rings. The van der Waals surface area contributed by atoms with Crippen LogP contribution in [0.25, 0.3) is 0 Å². The lowest BCUT2D eigenvalue weighted by Gasteiger charge is -2.07. The van der Waals surface area contributed by atoms with Gasteiger partial charge in [-0.15, -0.1) is 11.8 Å². The smallest absolute Gasteiger partial charge is 0.221 e. The van der Waals surface area contributed by atoms with Crippen LogP contribution in [0.3, 0.4) is 0 Å². The van der Waals surface area contributed by atoms with Gasteiger partial charge in [0.15, 0.2) is 0 Å². The Hall–Kier alpha value is -2.67. The minimum atomic E-state index is -0.251. The molecule has 0 atom stereocenters. The molecule has 0 radical (unpaired) electrons. The maximum absolute atomic E-state index is 12.8. The summed E-state index contributed by atoms with van der Waals surface area (Å²) in [5.41, 5.74) is 2.17. The van der Waals surface area contributed by atoms with Crippen LogP contribution in [0.4, 0.5) is 4.39 Å². The Balaban J connectivity index is 1.37. The number of nitrogens with one attached hydrogen (secondary N) is 1. The van der Waals surface area contributed by atoms with Crippen molar-refractivity contribution in [2.75, 3.05) is 5.75 Å². The number of rotatable bonds is 8. The first kappa shape index (κ1) is 18.1. The summed E-state index contributed by atoms with van der Waals surface area (Å²) in [7, 11) is 0. The summed E-state index contributed by atoms with van der Waals surface area (Å²) in [6, 6.07) is 14.3. The molecule has 3 rings (SSSR count). The lowest BCUT2D eigenvalue weighted by Crippen LogP contribution is -2.23. The number of amides is 1. The Morgan fingerprint density at radius 2 is 1.81 bits per heavy atom. The largest absolute Gasteiger partial charge is 0.352 e. The molecular weight excluding hydrogens is 351 g/mol. The standard InChI is InChI=1S/C19H19FN4OS/c20-17-5-7-18(8-6-17)26-10-9-19(25)22-11-15-1-3-16(4-2-15)12-24-14-21-13-23-24/h1-8,13-14H,9-12H2,(H,22,25). The summed E-state index contributed by atoms with van der Waals surface area (Å²) in [6.07, 6.45) is 3.61. The number of aromatic nitrogens is 3. The molecule has 1 amide bonds. The van der Waals surface area contributed by atoms with E-state index in [0.29, 0.717) is 25.3 Å². The number of halogens is 1. The SMILES string of the molecule is O=C(CCSc1ccc(F)cc1)NCc1ccc(Cn2cncn2)cc1. The van der Waals surface area contributed by atoms with E-state index in [-0.39, 0.29) is 11.7 Å². The predicted octanol–water partition coefficient (Wildman–Crippen LogP) is 3.26. The summed E-state index contributed by atoms with van der Waals surface area (Å²) < 4.78 is 14.6. The molecule has 134 valence electrons. The van der Waals surface area contributed by atoms with E-state index in [0.717, 1.165) is 16.0 Å². The van der Waals surface area contributed by atoms with Gasteiger partial charge in [-0.1, -0.05) is 24.3 Å². The van der Waals surface area contributed by atoms with Crippen molar-refractivity contribution in [1.29, 1.82) is 0 Å². The fourth-order valence-electron chi connectivity index (χ4n) is 2.35. The van der Waals surface area contributed by atoms with Crippen molar-refractivity contribution in [3.63, 3.8) is 0 Å². The number of carbonyl (C=O) groups excluding carboxylic acids is 1. The summed E-state index contributed by atoms with van der Waals surface area (Å²) in [5.74, 6) is 0.416. The Labute approximate surface area is 155 Å². The van der Waals surface area contributed by atoms with Crippen molar-refractivity contribution in [1.82, 2.24) is 20.1 Å². The summed E-state index contributed by atoms with van der Waals surface area (Å²) in [4.78, 5) is 16.8. The second-order valence-corrected chi connectivity index (χ2v) is 6.91. The van der Waals surface area contributed by atoms with Crippen LogP contribution < -0.4 is 5.32 Å². The van der Waals surface area contributed by atoms with Crippen molar-refractivity contribution in [2.24, 2.45) is 0 Å². The van der Waals surface area contributed by atoms with E-state index in [1.165, 1.54) is 18.5 Å². The molecule has 26 heavy (non-hydrogen) atoms. The van der Waals surface area contributed by atoms with Crippen LogP contribution in [0.15, 0.2) is 66.1 Å². The number of hydrogen-bond acceptors (Lipinski definition) is 4. The first-order valence-electron chi connectivity index (χ1n) is 8.24. The number of benzene rings is 2. The van der Waals surface area contributed by atoms with E-state index in [2.05, 4.69) is 15.4 Å². The normalized spacial score (nSPS) is 10.7. The average molecular weight is 370 g/mol. The molecule has 0 saturated carbocycles. The number of thioether (sulfide) groups is 1. The molecule has 0 aliphatic carbocycles. The highest BCUT2D eigenvalue weighted by Gasteiger charge is 2.03. The molecule has 7 heteroatoms. The lowest BCUT2D eigenvalue weighted by molar-refractivity contribution is -0.120. The molecule has 5 nitrogen and oxygen atoms in total. The molecule has 0 bridgehead atoms. The van der Waals surface area contributed by atoms with Crippen LogP contribution in [0.2, 0.25) is 0 Å². The molecule has 2 aromatic carbocycles. The van der Waals surface area contributed by atoms with Crippen LogP contribution in [-0.4, -0.2) is 26.4 Å². The van der Waals surface area contributed by atoms with Crippen LogP contribution in [0.1, 0.15) is 17.5 Å². The van der Waals surface area contributed by atoms with Gasteiger partial charge in [0.25, 0.3) is 0 Å². The van der Waals surface area contributed by atoms with Gasteiger partial charge in [-0.3, -0.25) is 4.79 Å². The van der Waals surface area contributed by atoms with Crippen LogP contribution in [-0.2, 0) is 17.9 Å². The maximum Gasteiger partial charge on any atom is 0.221 e. The zero-order chi connectivity index (χ0) is 18.2. The van der Waals surface area contributed by atoms with Gasteiger partial charge in [0.1, 0.15) is 18.5 Å². The van der Waals surface area contributed by atoms with Crippen LogP contribution in [0, 0.1) is 5.82 Å². The summed E-state index contributed by atoms with van der Waals surface area (Å²) >= 11 is 1.54. The Bertz CT molecular complexity index is 820. The van der Waals surface area contributed by atoms with Gasteiger partial charge in [-0.25, -0.2) is 14.1 Å². The highest BCUT2D eigenvalue weighted by molar-refractivity contribution is 7.99. The highest BCUT2D eigenvalue weighted by atomic mass is 32.2. The number of carbonyl (C=O) groups is 1. The van der Waals surface area contributed by atoms with Gasteiger partial charge < -0.3 is 5.32 Å². The first-order valence-corrected chi connectivity index (χ1v) is 9.23. The van der Waals surface area contributed by atoms with Crippen molar-refractivity contribution in [3.8, 4) is 0 Å². The fraction of sp³-hybridized carbons (Fsp3) is 0.211. The average Bonchev–Trinajstić information content (AvgIpc) is 3.16. The fourth-order valence-corrected chi connectivity index (χ4v) is 3.20. The van der Waals surface area contributed by atoms with Gasteiger partial charge in [0.2, 0.25) is 5.91 Å². The molecule has 0 aliphatic rings. The van der Waals surface area contributed by atoms with E-state index in [1.807, 2.05) is 24.3 Å². The number of nitrogens with zero attached hydrogens (tertiary/aromatic N) is 3. The molecule has 0 aliphatic heterocycles. The first-order chi connectivity index (χ1) is 12.7. The van der Waals surface area contributed by atoms with Crippen molar-refractivity contribution in [2.45, 2.75) is 24.4 Å². The predicted molar refractivity (Wildman–Crippen MR) is 99.2 cm³/mol. The Morgan fingerprint density at radius 1 is 1.08 bits per heavy atom. The molecule has 1 heterocycles. The second kappa shape index (κ2) is 9.15. The topological polar surface area (TPSA) is 59.8 Å². The second-order valence-electron chi connectivity index (χ2n) is 5.74. The van der Waals surface area contributed by atoms with Crippen molar-refractivity contribution >= 4 is 17.7 Å².